The Morgan fingerprint density at radius 1 is 1.38 bits per heavy atom. The number of aryl methyl sites for hydroxylation is 1. The number of fused-ring (bicyclic) bond motifs is 1. The molecule has 1 heterocycles. The molecule has 1 aliphatic heterocycles. The van der Waals surface area contributed by atoms with Gasteiger partial charge in [-0.05, 0) is 49.0 Å². The highest BCUT2D eigenvalue weighted by molar-refractivity contribution is 9.10. The van der Waals surface area contributed by atoms with E-state index in [9.17, 15) is 9.90 Å². The number of halogens is 1. The number of carbonyl (C=O) groups excluding carboxylic acids is 1. The zero-order valence-corrected chi connectivity index (χ0v) is 13.7. The summed E-state index contributed by atoms with van der Waals surface area (Å²) in [6, 6.07) is 6.08. The lowest BCUT2D eigenvalue weighted by Crippen LogP contribution is -2.29. The Labute approximate surface area is 133 Å². The smallest absolute Gasteiger partial charge is 0.246 e. The molecule has 4 heteroatoms. The van der Waals surface area contributed by atoms with E-state index in [1.807, 2.05) is 36.1 Å². The van der Waals surface area contributed by atoms with Crippen LogP contribution in [0.2, 0.25) is 0 Å². The molecule has 1 aliphatic carbocycles. The van der Waals surface area contributed by atoms with Gasteiger partial charge < -0.3 is 10.0 Å². The van der Waals surface area contributed by atoms with Gasteiger partial charge in [0.2, 0.25) is 5.91 Å². The Hall–Kier alpha value is -1.13. The molecule has 0 aromatic heterocycles. The number of aliphatic hydroxyl groups excluding tert-OH is 1. The maximum absolute atomic E-state index is 12.3. The molecule has 1 saturated heterocycles. The highest BCUT2D eigenvalue weighted by Gasteiger charge is 2.42. The van der Waals surface area contributed by atoms with Crippen molar-refractivity contribution in [1.29, 1.82) is 0 Å². The van der Waals surface area contributed by atoms with Gasteiger partial charge in [0, 0.05) is 29.6 Å². The first-order chi connectivity index (χ1) is 10.0. The van der Waals surface area contributed by atoms with Gasteiger partial charge in [0.1, 0.15) is 0 Å². The molecule has 3 rings (SSSR count). The van der Waals surface area contributed by atoms with Gasteiger partial charge in [-0.3, -0.25) is 4.79 Å². The van der Waals surface area contributed by atoms with Crippen LogP contribution in [0.1, 0.15) is 24.0 Å². The maximum Gasteiger partial charge on any atom is 0.246 e. The topological polar surface area (TPSA) is 40.5 Å². The van der Waals surface area contributed by atoms with Gasteiger partial charge in [0.25, 0.3) is 0 Å². The zero-order chi connectivity index (χ0) is 15.0. The number of likely N-dealkylation sites (tertiary alicyclic amines) is 1. The highest BCUT2D eigenvalue weighted by Crippen LogP contribution is 2.38. The van der Waals surface area contributed by atoms with Crippen LogP contribution in [0.25, 0.3) is 6.08 Å². The summed E-state index contributed by atoms with van der Waals surface area (Å²) in [7, 11) is 0. The van der Waals surface area contributed by atoms with Crippen LogP contribution in [0.5, 0.6) is 0 Å². The largest absolute Gasteiger partial charge is 0.393 e. The van der Waals surface area contributed by atoms with Gasteiger partial charge in [-0.25, -0.2) is 0 Å². The van der Waals surface area contributed by atoms with Crippen LogP contribution in [0.4, 0.5) is 0 Å². The van der Waals surface area contributed by atoms with Crippen LogP contribution in [0, 0.1) is 18.8 Å². The van der Waals surface area contributed by atoms with E-state index in [2.05, 4.69) is 15.9 Å². The van der Waals surface area contributed by atoms with Crippen molar-refractivity contribution in [3.63, 3.8) is 0 Å². The van der Waals surface area contributed by atoms with Crippen LogP contribution in [0.15, 0.2) is 28.7 Å². The third kappa shape index (κ3) is 3.06. The summed E-state index contributed by atoms with van der Waals surface area (Å²) in [5.41, 5.74) is 2.19. The van der Waals surface area contributed by atoms with Gasteiger partial charge in [-0.2, -0.15) is 0 Å². The lowest BCUT2D eigenvalue weighted by molar-refractivity contribution is -0.125. The minimum atomic E-state index is -0.219. The number of hydrogen-bond donors (Lipinski definition) is 1. The molecule has 0 bridgehead atoms. The van der Waals surface area contributed by atoms with E-state index in [0.29, 0.717) is 12.5 Å². The van der Waals surface area contributed by atoms with Crippen LogP contribution in [-0.4, -0.2) is 35.1 Å². The van der Waals surface area contributed by atoms with Crippen molar-refractivity contribution >= 4 is 27.9 Å². The fourth-order valence-corrected chi connectivity index (χ4v) is 4.08. The molecule has 1 amide bonds. The minimum absolute atomic E-state index is 0.0454. The summed E-state index contributed by atoms with van der Waals surface area (Å²) in [4.78, 5) is 14.1. The normalized spacial score (nSPS) is 28.3. The van der Waals surface area contributed by atoms with Gasteiger partial charge >= 0.3 is 0 Å². The van der Waals surface area contributed by atoms with Gasteiger partial charge in [-0.1, -0.05) is 28.1 Å². The lowest BCUT2D eigenvalue weighted by atomic mass is 10.00. The summed E-state index contributed by atoms with van der Waals surface area (Å²) < 4.78 is 1.00. The summed E-state index contributed by atoms with van der Waals surface area (Å²) in [6.45, 7) is 3.53. The number of hydrogen-bond acceptors (Lipinski definition) is 2. The monoisotopic (exact) mass is 349 g/mol. The molecule has 2 fully saturated rings. The van der Waals surface area contributed by atoms with Crippen LogP contribution in [0.3, 0.4) is 0 Å². The fourth-order valence-electron chi connectivity index (χ4n) is 3.45. The van der Waals surface area contributed by atoms with Crippen molar-refractivity contribution in [3.8, 4) is 0 Å². The van der Waals surface area contributed by atoms with Crippen molar-refractivity contribution < 1.29 is 9.90 Å². The predicted molar refractivity (Wildman–Crippen MR) is 86.7 cm³/mol. The average molecular weight is 350 g/mol. The standard InChI is InChI=1S/C17H20BrNO2/c1-11-2-3-12(15(18)8-11)5-7-17(21)19-9-13-4-6-16(20)14(13)10-19/h2-3,5,7-8,13-14,16,20H,4,6,9-10H2,1H3/b7-5+. The molecule has 1 N–H and O–H groups in total. The molecule has 1 aromatic carbocycles. The Morgan fingerprint density at radius 3 is 2.90 bits per heavy atom. The van der Waals surface area contributed by atoms with Crippen LogP contribution < -0.4 is 0 Å². The third-order valence-corrected chi connectivity index (χ3v) is 5.38. The van der Waals surface area contributed by atoms with Crippen molar-refractivity contribution in [3.05, 3.63) is 39.9 Å². The number of aliphatic hydroxyl groups is 1. The number of rotatable bonds is 2. The SMILES string of the molecule is Cc1ccc(/C=C/C(=O)N2CC3CCC(O)C3C2)c(Br)c1. The Morgan fingerprint density at radius 2 is 2.19 bits per heavy atom. The molecular weight excluding hydrogens is 330 g/mol. The second kappa shape index (κ2) is 5.93. The van der Waals surface area contributed by atoms with Crippen molar-refractivity contribution in [2.45, 2.75) is 25.9 Å². The third-order valence-electron chi connectivity index (χ3n) is 4.69. The van der Waals surface area contributed by atoms with Crippen molar-refractivity contribution in [2.75, 3.05) is 13.1 Å². The summed E-state index contributed by atoms with van der Waals surface area (Å²) in [6.07, 6.45) is 5.22. The molecule has 2 aliphatic rings. The van der Waals surface area contributed by atoms with E-state index in [1.165, 1.54) is 5.56 Å². The molecule has 3 nitrogen and oxygen atoms in total. The van der Waals surface area contributed by atoms with Crippen LogP contribution >= 0.6 is 15.9 Å². The highest BCUT2D eigenvalue weighted by atomic mass is 79.9. The quantitative estimate of drug-likeness (QED) is 0.833. The van der Waals surface area contributed by atoms with Gasteiger partial charge in [0.05, 0.1) is 6.10 Å². The molecule has 1 saturated carbocycles. The molecule has 1 aromatic rings. The summed E-state index contributed by atoms with van der Waals surface area (Å²) >= 11 is 3.52. The number of amides is 1. The molecule has 0 radical (unpaired) electrons. The molecule has 3 atom stereocenters. The van der Waals surface area contributed by atoms with E-state index in [0.717, 1.165) is 29.4 Å². The zero-order valence-electron chi connectivity index (χ0n) is 12.1. The Kier molecular flexibility index (Phi) is 4.18. The van der Waals surface area contributed by atoms with Crippen LogP contribution in [-0.2, 0) is 4.79 Å². The molecule has 112 valence electrons. The first kappa shape index (κ1) is 14.8. The lowest BCUT2D eigenvalue weighted by Gasteiger charge is -2.16. The maximum atomic E-state index is 12.3. The fraction of sp³-hybridized carbons (Fsp3) is 0.471. The first-order valence-corrected chi connectivity index (χ1v) is 8.25. The first-order valence-electron chi connectivity index (χ1n) is 7.46. The van der Waals surface area contributed by atoms with Gasteiger partial charge in [0.15, 0.2) is 0 Å². The van der Waals surface area contributed by atoms with E-state index < -0.39 is 0 Å². The summed E-state index contributed by atoms with van der Waals surface area (Å²) in [5.74, 6) is 0.820. The van der Waals surface area contributed by atoms with Crippen molar-refractivity contribution in [1.82, 2.24) is 4.90 Å². The van der Waals surface area contributed by atoms with Gasteiger partial charge in [-0.15, -0.1) is 0 Å². The second-order valence-corrected chi connectivity index (χ2v) is 7.02. The second-order valence-electron chi connectivity index (χ2n) is 6.17. The number of benzene rings is 1. The average Bonchev–Trinajstić information content (AvgIpc) is 3.00. The van der Waals surface area contributed by atoms with Crippen molar-refractivity contribution in [2.24, 2.45) is 11.8 Å². The molecular formula is C17H20BrNO2. The number of nitrogens with zero attached hydrogens (tertiary/aromatic N) is 1. The van der Waals surface area contributed by atoms with E-state index in [1.54, 1.807) is 6.08 Å². The molecule has 0 spiro atoms. The summed E-state index contributed by atoms with van der Waals surface area (Å²) in [5, 5.41) is 9.91. The van der Waals surface area contributed by atoms with E-state index in [-0.39, 0.29) is 17.9 Å². The Balaban J connectivity index is 1.65. The van der Waals surface area contributed by atoms with E-state index in [4.69, 9.17) is 0 Å². The number of carbonyl (C=O) groups is 1. The molecule has 21 heavy (non-hydrogen) atoms. The minimum Gasteiger partial charge on any atom is -0.393 e. The van der Waals surface area contributed by atoms with E-state index >= 15 is 0 Å². The molecule has 3 unspecified atom stereocenters. The predicted octanol–water partition coefficient (Wildman–Crippen LogP) is 3.00. The Bertz CT molecular complexity index is 584.